The van der Waals surface area contributed by atoms with Crippen LogP contribution in [0.4, 0.5) is 5.69 Å². The lowest BCUT2D eigenvalue weighted by molar-refractivity contribution is -0.115. The summed E-state index contributed by atoms with van der Waals surface area (Å²) >= 11 is 1.47. The molecule has 0 fully saturated rings. The monoisotopic (exact) mass is 396 g/mol. The fourth-order valence-electron chi connectivity index (χ4n) is 2.58. The summed E-state index contributed by atoms with van der Waals surface area (Å²) in [5, 5.41) is 12.0. The second kappa shape index (κ2) is 9.18. The van der Waals surface area contributed by atoms with Crippen LogP contribution in [0.15, 0.2) is 59.8 Å². The van der Waals surface area contributed by atoms with Gasteiger partial charge in [0, 0.05) is 30.5 Å². The van der Waals surface area contributed by atoms with E-state index in [4.69, 9.17) is 0 Å². The number of carbonyl (C=O) groups is 2. The molecule has 1 aromatic heterocycles. The zero-order valence-electron chi connectivity index (χ0n) is 15.6. The van der Waals surface area contributed by atoms with Crippen LogP contribution >= 0.6 is 11.8 Å². The van der Waals surface area contributed by atoms with Gasteiger partial charge in [0.05, 0.1) is 12.7 Å². The van der Waals surface area contributed by atoms with Crippen LogP contribution in [-0.2, 0) is 16.6 Å². The molecule has 0 atom stereocenters. The van der Waals surface area contributed by atoms with Crippen molar-refractivity contribution in [1.29, 1.82) is 0 Å². The summed E-state index contributed by atoms with van der Waals surface area (Å²) in [4.78, 5) is 23.7. The van der Waals surface area contributed by atoms with Crippen LogP contribution in [0, 0.1) is 0 Å². The number of aromatic nitrogens is 3. The Morgan fingerprint density at radius 1 is 1.11 bits per heavy atom. The highest BCUT2D eigenvalue weighted by Gasteiger charge is 2.12. The lowest BCUT2D eigenvalue weighted by Crippen LogP contribution is -2.13. The quantitative estimate of drug-likeness (QED) is 0.487. The maximum absolute atomic E-state index is 12.2. The first-order valence-electron chi connectivity index (χ1n) is 8.64. The fourth-order valence-corrected chi connectivity index (χ4v) is 3.43. The first-order chi connectivity index (χ1) is 13.6. The van der Waals surface area contributed by atoms with Crippen LogP contribution in [0.2, 0.25) is 0 Å². The van der Waals surface area contributed by atoms with Gasteiger partial charge in [0.2, 0.25) is 5.91 Å². The Labute approximate surface area is 167 Å². The smallest absolute Gasteiger partial charge is 0.337 e. The number of anilines is 1. The third-order valence-corrected chi connectivity index (χ3v) is 5.02. The molecule has 1 amide bonds. The summed E-state index contributed by atoms with van der Waals surface area (Å²) in [5.41, 5.74) is 1.94. The summed E-state index contributed by atoms with van der Waals surface area (Å²) in [7, 11) is 3.23. The number of thioether (sulfide) groups is 1. The second-order valence-corrected chi connectivity index (χ2v) is 7.01. The molecule has 0 radical (unpaired) electrons. The Balaban J connectivity index is 1.54. The largest absolute Gasteiger partial charge is 0.465 e. The lowest BCUT2D eigenvalue weighted by Gasteiger charge is -2.07. The van der Waals surface area contributed by atoms with Crippen molar-refractivity contribution in [2.45, 2.75) is 11.6 Å². The zero-order valence-corrected chi connectivity index (χ0v) is 16.4. The Kier molecular flexibility index (Phi) is 6.44. The van der Waals surface area contributed by atoms with Gasteiger partial charge in [-0.3, -0.25) is 4.79 Å². The van der Waals surface area contributed by atoms with Crippen molar-refractivity contribution in [3.8, 4) is 11.4 Å². The highest BCUT2D eigenvalue weighted by Crippen LogP contribution is 2.23. The molecule has 0 unspecified atom stereocenters. The first kappa shape index (κ1) is 19.6. The predicted molar refractivity (Wildman–Crippen MR) is 108 cm³/mol. The van der Waals surface area contributed by atoms with Crippen molar-refractivity contribution in [1.82, 2.24) is 14.8 Å². The van der Waals surface area contributed by atoms with Gasteiger partial charge in [0.15, 0.2) is 11.0 Å². The standard InChI is InChI=1S/C20H20N4O3S/c1-24-18(14-7-4-3-5-8-14)22-23-20(24)28-12-11-17(25)21-16-10-6-9-15(13-16)19(26)27-2/h3-10,13H,11-12H2,1-2H3,(H,21,25). The van der Waals surface area contributed by atoms with E-state index in [0.717, 1.165) is 16.5 Å². The molecule has 0 aliphatic heterocycles. The summed E-state index contributed by atoms with van der Waals surface area (Å²) in [6, 6.07) is 16.5. The molecule has 0 spiro atoms. The van der Waals surface area contributed by atoms with E-state index in [0.29, 0.717) is 23.4 Å². The minimum atomic E-state index is -0.442. The van der Waals surface area contributed by atoms with Crippen molar-refractivity contribution < 1.29 is 14.3 Å². The number of esters is 1. The van der Waals surface area contributed by atoms with Gasteiger partial charge >= 0.3 is 5.97 Å². The number of rotatable bonds is 7. The molecular weight excluding hydrogens is 376 g/mol. The van der Waals surface area contributed by atoms with E-state index >= 15 is 0 Å². The SMILES string of the molecule is COC(=O)c1cccc(NC(=O)CCSc2nnc(-c3ccccc3)n2C)c1. The minimum Gasteiger partial charge on any atom is -0.465 e. The number of carbonyl (C=O) groups excluding carboxylic acids is 2. The van der Waals surface area contributed by atoms with E-state index in [9.17, 15) is 9.59 Å². The van der Waals surface area contributed by atoms with E-state index in [2.05, 4.69) is 20.3 Å². The molecule has 144 valence electrons. The van der Waals surface area contributed by atoms with E-state index in [1.807, 2.05) is 41.9 Å². The summed E-state index contributed by atoms with van der Waals surface area (Å²) < 4.78 is 6.60. The van der Waals surface area contributed by atoms with Crippen molar-refractivity contribution in [2.24, 2.45) is 7.05 Å². The number of hydrogen-bond donors (Lipinski definition) is 1. The van der Waals surface area contributed by atoms with Crippen molar-refractivity contribution in [3.63, 3.8) is 0 Å². The molecule has 2 aromatic carbocycles. The van der Waals surface area contributed by atoms with Gasteiger partial charge in [-0.15, -0.1) is 10.2 Å². The number of benzene rings is 2. The van der Waals surface area contributed by atoms with E-state index < -0.39 is 5.97 Å². The summed E-state index contributed by atoms with van der Waals surface area (Å²) in [6.07, 6.45) is 0.306. The third kappa shape index (κ3) is 4.77. The number of nitrogens with zero attached hydrogens (tertiary/aromatic N) is 3. The summed E-state index contributed by atoms with van der Waals surface area (Å²) in [5.74, 6) is 0.763. The first-order valence-corrected chi connectivity index (χ1v) is 9.63. The maximum atomic E-state index is 12.2. The fraction of sp³-hybridized carbons (Fsp3) is 0.200. The molecule has 0 aliphatic rings. The van der Waals surface area contributed by atoms with Crippen LogP contribution in [0.5, 0.6) is 0 Å². The Morgan fingerprint density at radius 2 is 1.89 bits per heavy atom. The molecule has 3 aromatic rings. The van der Waals surface area contributed by atoms with E-state index in [-0.39, 0.29) is 5.91 Å². The van der Waals surface area contributed by atoms with Crippen molar-refractivity contribution in [3.05, 3.63) is 60.2 Å². The molecule has 1 heterocycles. The highest BCUT2D eigenvalue weighted by atomic mass is 32.2. The number of hydrogen-bond acceptors (Lipinski definition) is 6. The third-order valence-electron chi connectivity index (χ3n) is 3.99. The van der Waals surface area contributed by atoms with Gasteiger partial charge in [-0.25, -0.2) is 4.79 Å². The molecule has 0 bridgehead atoms. The van der Waals surface area contributed by atoms with Gasteiger partial charge in [0.25, 0.3) is 0 Å². The zero-order chi connectivity index (χ0) is 19.9. The van der Waals surface area contributed by atoms with Crippen LogP contribution in [0.25, 0.3) is 11.4 Å². The Hall–Kier alpha value is -3.13. The van der Waals surface area contributed by atoms with E-state index in [1.54, 1.807) is 24.3 Å². The number of nitrogens with one attached hydrogen (secondary N) is 1. The molecule has 0 aliphatic carbocycles. The maximum Gasteiger partial charge on any atom is 0.337 e. The van der Waals surface area contributed by atoms with Crippen molar-refractivity contribution in [2.75, 3.05) is 18.2 Å². The molecule has 7 nitrogen and oxygen atoms in total. The number of amides is 1. The number of methoxy groups -OCH3 is 1. The molecule has 1 N–H and O–H groups in total. The van der Waals surface area contributed by atoms with Gasteiger partial charge in [-0.2, -0.15) is 0 Å². The van der Waals surface area contributed by atoms with Gasteiger partial charge in [0.1, 0.15) is 0 Å². The van der Waals surface area contributed by atoms with E-state index in [1.165, 1.54) is 18.9 Å². The average molecular weight is 396 g/mol. The molecule has 0 saturated heterocycles. The Morgan fingerprint density at radius 3 is 2.64 bits per heavy atom. The van der Waals surface area contributed by atoms with Gasteiger partial charge in [-0.1, -0.05) is 48.2 Å². The molecule has 3 rings (SSSR count). The van der Waals surface area contributed by atoms with Crippen LogP contribution in [-0.4, -0.2) is 39.5 Å². The van der Waals surface area contributed by atoms with Crippen LogP contribution in [0.1, 0.15) is 16.8 Å². The topological polar surface area (TPSA) is 86.1 Å². The second-order valence-electron chi connectivity index (χ2n) is 5.95. The summed E-state index contributed by atoms with van der Waals surface area (Å²) in [6.45, 7) is 0. The minimum absolute atomic E-state index is 0.139. The molecular formula is C20H20N4O3S. The number of ether oxygens (including phenoxy) is 1. The van der Waals surface area contributed by atoms with Gasteiger partial charge < -0.3 is 14.6 Å². The molecule has 0 saturated carbocycles. The average Bonchev–Trinajstić information content (AvgIpc) is 3.08. The normalized spacial score (nSPS) is 10.5. The molecule has 8 heteroatoms. The Bertz CT molecular complexity index is 973. The predicted octanol–water partition coefficient (Wildman–Crippen LogP) is 3.39. The van der Waals surface area contributed by atoms with Gasteiger partial charge in [-0.05, 0) is 18.2 Å². The van der Waals surface area contributed by atoms with Crippen LogP contribution < -0.4 is 5.32 Å². The lowest BCUT2D eigenvalue weighted by atomic mass is 10.2. The molecule has 28 heavy (non-hydrogen) atoms. The highest BCUT2D eigenvalue weighted by molar-refractivity contribution is 7.99. The van der Waals surface area contributed by atoms with Crippen LogP contribution in [0.3, 0.4) is 0 Å². The van der Waals surface area contributed by atoms with Crippen molar-refractivity contribution >= 4 is 29.3 Å².